The molecule has 3 rings (SSSR count). The number of hydrogen-bond donors (Lipinski definition) is 1. The van der Waals surface area contributed by atoms with E-state index in [1.807, 2.05) is 0 Å². The normalized spacial score (nSPS) is 14.6. The number of nitrogens with one attached hydrogen (secondary N) is 1. The van der Waals surface area contributed by atoms with E-state index >= 15 is 0 Å². The summed E-state index contributed by atoms with van der Waals surface area (Å²) in [6, 6.07) is 5.29. The molecular formula is C14H12N2O4S. The largest absolute Gasteiger partial charge is 0.482 e. The standard InChI is InChI=1S/C14H12N2O4S/c1-8(20-14(18)11-6-21-7-15-11)9-2-3-12-10(4-9)16-13(17)5-19-12/h2-4,6-8H,5H2,1H3,(H,16,17). The monoisotopic (exact) mass is 304 g/mol. The van der Waals surface area contributed by atoms with Gasteiger partial charge in [-0.25, -0.2) is 9.78 Å². The highest BCUT2D eigenvalue weighted by Gasteiger charge is 2.20. The zero-order valence-electron chi connectivity index (χ0n) is 11.2. The molecule has 2 aromatic rings. The second kappa shape index (κ2) is 5.53. The summed E-state index contributed by atoms with van der Waals surface area (Å²) in [5.41, 5.74) is 3.22. The van der Waals surface area contributed by atoms with E-state index in [4.69, 9.17) is 9.47 Å². The molecule has 0 spiro atoms. The van der Waals surface area contributed by atoms with Crippen molar-refractivity contribution in [3.05, 3.63) is 40.3 Å². The van der Waals surface area contributed by atoms with E-state index < -0.39 is 12.1 Å². The maximum absolute atomic E-state index is 11.9. The predicted molar refractivity (Wildman–Crippen MR) is 76.5 cm³/mol. The first-order valence-corrected chi connectivity index (χ1v) is 7.23. The molecule has 7 heteroatoms. The Hall–Kier alpha value is -2.41. The third-order valence-electron chi connectivity index (χ3n) is 3.03. The van der Waals surface area contributed by atoms with Crippen LogP contribution in [-0.2, 0) is 9.53 Å². The van der Waals surface area contributed by atoms with Crippen LogP contribution in [0.15, 0.2) is 29.1 Å². The van der Waals surface area contributed by atoms with Gasteiger partial charge in [0.05, 0.1) is 11.2 Å². The molecule has 1 aromatic heterocycles. The number of anilines is 1. The Labute approximate surface area is 124 Å². The number of carbonyl (C=O) groups excluding carboxylic acids is 2. The first-order valence-electron chi connectivity index (χ1n) is 6.29. The number of fused-ring (bicyclic) bond motifs is 1. The highest BCUT2D eigenvalue weighted by molar-refractivity contribution is 7.07. The molecule has 2 heterocycles. The molecule has 0 fully saturated rings. The fraction of sp³-hybridized carbons (Fsp3) is 0.214. The Balaban J connectivity index is 1.76. The molecule has 1 aromatic carbocycles. The van der Waals surface area contributed by atoms with Crippen LogP contribution in [0.3, 0.4) is 0 Å². The summed E-state index contributed by atoms with van der Waals surface area (Å²) in [6.45, 7) is 1.78. The van der Waals surface area contributed by atoms with Gasteiger partial charge in [0.1, 0.15) is 11.9 Å². The van der Waals surface area contributed by atoms with Crippen molar-refractivity contribution in [1.82, 2.24) is 4.98 Å². The van der Waals surface area contributed by atoms with Gasteiger partial charge in [0.15, 0.2) is 12.3 Å². The Morgan fingerprint density at radius 3 is 3.14 bits per heavy atom. The second-order valence-electron chi connectivity index (χ2n) is 4.51. The van der Waals surface area contributed by atoms with Crippen molar-refractivity contribution in [2.75, 3.05) is 11.9 Å². The molecular weight excluding hydrogens is 292 g/mol. The zero-order valence-corrected chi connectivity index (χ0v) is 12.0. The van der Waals surface area contributed by atoms with Crippen LogP contribution < -0.4 is 10.1 Å². The number of carbonyl (C=O) groups is 2. The van der Waals surface area contributed by atoms with E-state index in [0.29, 0.717) is 17.1 Å². The Morgan fingerprint density at radius 1 is 1.52 bits per heavy atom. The fourth-order valence-corrected chi connectivity index (χ4v) is 2.48. The van der Waals surface area contributed by atoms with Crippen LogP contribution in [0.2, 0.25) is 0 Å². The molecule has 0 aliphatic carbocycles. The van der Waals surface area contributed by atoms with Crippen LogP contribution in [0.4, 0.5) is 5.69 Å². The molecule has 1 amide bonds. The Morgan fingerprint density at radius 2 is 2.38 bits per heavy atom. The Kier molecular flexibility index (Phi) is 3.57. The lowest BCUT2D eigenvalue weighted by Gasteiger charge is -2.20. The first-order chi connectivity index (χ1) is 10.1. The van der Waals surface area contributed by atoms with Crippen molar-refractivity contribution >= 4 is 28.9 Å². The highest BCUT2D eigenvalue weighted by Crippen LogP contribution is 2.31. The maximum atomic E-state index is 11.9. The molecule has 0 saturated heterocycles. The van der Waals surface area contributed by atoms with Crippen LogP contribution in [0, 0.1) is 0 Å². The van der Waals surface area contributed by atoms with Gasteiger partial charge in [0.2, 0.25) is 0 Å². The van der Waals surface area contributed by atoms with Crippen LogP contribution >= 0.6 is 11.3 Å². The SMILES string of the molecule is CC(OC(=O)c1cscn1)c1ccc2c(c1)NC(=O)CO2. The third-order valence-corrected chi connectivity index (χ3v) is 3.62. The number of rotatable bonds is 3. The number of amides is 1. The minimum Gasteiger partial charge on any atom is -0.482 e. The molecule has 1 aliphatic heterocycles. The lowest BCUT2D eigenvalue weighted by molar-refractivity contribution is -0.118. The van der Waals surface area contributed by atoms with Gasteiger partial charge in [0, 0.05) is 5.38 Å². The summed E-state index contributed by atoms with van der Waals surface area (Å²) in [6.07, 6.45) is -0.455. The van der Waals surface area contributed by atoms with Crippen molar-refractivity contribution in [2.45, 2.75) is 13.0 Å². The Bertz CT molecular complexity index is 684. The number of esters is 1. The van der Waals surface area contributed by atoms with Crippen LogP contribution in [-0.4, -0.2) is 23.5 Å². The number of hydrogen-bond acceptors (Lipinski definition) is 6. The fourth-order valence-electron chi connectivity index (χ4n) is 1.96. The number of nitrogens with zero attached hydrogens (tertiary/aromatic N) is 1. The van der Waals surface area contributed by atoms with Gasteiger partial charge in [0.25, 0.3) is 5.91 Å². The minimum atomic E-state index is -0.471. The summed E-state index contributed by atoms with van der Waals surface area (Å²) < 4.78 is 10.6. The highest BCUT2D eigenvalue weighted by atomic mass is 32.1. The molecule has 21 heavy (non-hydrogen) atoms. The number of aromatic nitrogens is 1. The van der Waals surface area contributed by atoms with Crippen molar-refractivity contribution in [3.8, 4) is 5.75 Å². The number of ether oxygens (including phenoxy) is 2. The molecule has 0 bridgehead atoms. The maximum Gasteiger partial charge on any atom is 0.358 e. The summed E-state index contributed by atoms with van der Waals surface area (Å²) in [7, 11) is 0. The zero-order chi connectivity index (χ0) is 14.8. The van der Waals surface area contributed by atoms with Gasteiger partial charge in [-0.3, -0.25) is 4.79 Å². The molecule has 1 aliphatic rings. The number of benzene rings is 1. The van der Waals surface area contributed by atoms with E-state index in [2.05, 4.69) is 10.3 Å². The smallest absolute Gasteiger partial charge is 0.358 e. The molecule has 1 atom stereocenters. The number of thiazole rings is 1. The van der Waals surface area contributed by atoms with Gasteiger partial charge in [-0.1, -0.05) is 6.07 Å². The quantitative estimate of drug-likeness (QED) is 0.881. The summed E-state index contributed by atoms with van der Waals surface area (Å²) in [5.74, 6) is -0.0649. The minimum absolute atomic E-state index is 0.0146. The second-order valence-corrected chi connectivity index (χ2v) is 5.23. The van der Waals surface area contributed by atoms with Gasteiger partial charge in [-0.05, 0) is 24.6 Å². The van der Waals surface area contributed by atoms with Gasteiger partial charge >= 0.3 is 5.97 Å². The molecule has 1 unspecified atom stereocenters. The van der Waals surface area contributed by atoms with Gasteiger partial charge < -0.3 is 14.8 Å². The van der Waals surface area contributed by atoms with E-state index in [0.717, 1.165) is 5.56 Å². The molecule has 108 valence electrons. The molecule has 6 nitrogen and oxygen atoms in total. The van der Waals surface area contributed by atoms with Crippen LogP contribution in [0.25, 0.3) is 0 Å². The van der Waals surface area contributed by atoms with E-state index in [1.165, 1.54) is 11.3 Å². The van der Waals surface area contributed by atoms with Crippen molar-refractivity contribution < 1.29 is 19.1 Å². The summed E-state index contributed by atoms with van der Waals surface area (Å²) >= 11 is 1.33. The average Bonchev–Trinajstić information content (AvgIpc) is 3.00. The lowest BCUT2D eigenvalue weighted by Crippen LogP contribution is -2.25. The summed E-state index contributed by atoms with van der Waals surface area (Å²) in [4.78, 5) is 27.1. The van der Waals surface area contributed by atoms with Crippen molar-refractivity contribution in [3.63, 3.8) is 0 Å². The van der Waals surface area contributed by atoms with Gasteiger partial charge in [-0.15, -0.1) is 11.3 Å². The predicted octanol–water partition coefficient (Wildman–Crippen LogP) is 2.39. The topological polar surface area (TPSA) is 77.5 Å². The molecule has 0 saturated carbocycles. The lowest BCUT2D eigenvalue weighted by atomic mass is 10.1. The van der Waals surface area contributed by atoms with E-state index in [9.17, 15) is 9.59 Å². The van der Waals surface area contributed by atoms with Crippen LogP contribution in [0.1, 0.15) is 29.1 Å². The van der Waals surface area contributed by atoms with Gasteiger partial charge in [-0.2, -0.15) is 0 Å². The van der Waals surface area contributed by atoms with E-state index in [1.54, 1.807) is 36.0 Å². The summed E-state index contributed by atoms with van der Waals surface area (Å²) in [5, 5.41) is 4.36. The first kappa shape index (κ1) is 13.6. The van der Waals surface area contributed by atoms with Crippen LogP contribution in [0.5, 0.6) is 5.75 Å². The van der Waals surface area contributed by atoms with E-state index in [-0.39, 0.29) is 12.5 Å². The van der Waals surface area contributed by atoms with Crippen molar-refractivity contribution in [1.29, 1.82) is 0 Å². The average molecular weight is 304 g/mol. The molecule has 1 N–H and O–H groups in total. The third kappa shape index (κ3) is 2.87. The molecule has 0 radical (unpaired) electrons. The van der Waals surface area contributed by atoms with Crippen molar-refractivity contribution in [2.24, 2.45) is 0 Å².